The first-order chi connectivity index (χ1) is 11.1. The zero-order valence-corrected chi connectivity index (χ0v) is 13.3. The number of benzene rings is 1. The Morgan fingerprint density at radius 1 is 1.39 bits per heavy atom. The minimum absolute atomic E-state index is 0.0786. The molecule has 118 valence electrons. The minimum atomic E-state index is 0.0786. The average Bonchev–Trinajstić information content (AvgIpc) is 3.24. The summed E-state index contributed by atoms with van der Waals surface area (Å²) in [7, 11) is 2.02. The van der Waals surface area contributed by atoms with Crippen LogP contribution < -0.4 is 0 Å². The second kappa shape index (κ2) is 5.22. The summed E-state index contributed by atoms with van der Waals surface area (Å²) >= 11 is 0. The second-order valence-corrected chi connectivity index (χ2v) is 6.22. The van der Waals surface area contributed by atoms with Gasteiger partial charge in [-0.15, -0.1) is 0 Å². The molecule has 0 aliphatic carbocycles. The molecule has 1 atom stereocenters. The van der Waals surface area contributed by atoms with E-state index in [-0.39, 0.29) is 5.91 Å². The van der Waals surface area contributed by atoms with Crippen LogP contribution >= 0.6 is 0 Å². The molecule has 0 unspecified atom stereocenters. The first kappa shape index (κ1) is 14.0. The molecule has 1 aromatic carbocycles. The van der Waals surface area contributed by atoms with E-state index in [0.717, 1.165) is 42.1 Å². The van der Waals surface area contributed by atoms with Crippen molar-refractivity contribution in [2.24, 2.45) is 7.05 Å². The van der Waals surface area contributed by atoms with Gasteiger partial charge in [-0.3, -0.25) is 4.79 Å². The molecule has 4 rings (SSSR count). The number of amides is 1. The lowest BCUT2D eigenvalue weighted by Crippen LogP contribution is -2.28. The third-order valence-electron chi connectivity index (χ3n) is 4.54. The SMILES string of the molecule is Cc1cn(C)c([C@@H]2CCN(C(=O)c3ccc4nc[nH]c4c3)C2)n1. The number of hydrogen-bond donors (Lipinski definition) is 1. The predicted molar refractivity (Wildman–Crippen MR) is 87.3 cm³/mol. The van der Waals surface area contributed by atoms with E-state index in [1.54, 1.807) is 6.33 Å². The number of carbonyl (C=O) groups is 1. The summed E-state index contributed by atoms with van der Waals surface area (Å²) in [6.45, 7) is 3.50. The number of hydrogen-bond acceptors (Lipinski definition) is 3. The van der Waals surface area contributed by atoms with Gasteiger partial charge in [-0.1, -0.05) is 0 Å². The van der Waals surface area contributed by atoms with Crippen LogP contribution in [-0.2, 0) is 7.05 Å². The molecule has 1 fully saturated rings. The second-order valence-electron chi connectivity index (χ2n) is 6.22. The van der Waals surface area contributed by atoms with Crippen molar-refractivity contribution in [1.82, 2.24) is 24.4 Å². The third kappa shape index (κ3) is 2.40. The monoisotopic (exact) mass is 309 g/mol. The normalized spacial score (nSPS) is 18.0. The van der Waals surface area contributed by atoms with Crippen molar-refractivity contribution in [3.05, 3.63) is 47.8 Å². The molecule has 1 N–H and O–H groups in total. The van der Waals surface area contributed by atoms with E-state index in [1.807, 2.05) is 43.3 Å². The van der Waals surface area contributed by atoms with E-state index in [9.17, 15) is 4.79 Å². The van der Waals surface area contributed by atoms with Crippen LogP contribution in [0, 0.1) is 6.92 Å². The molecule has 0 saturated carbocycles. The summed E-state index contributed by atoms with van der Waals surface area (Å²) in [6.07, 6.45) is 4.64. The van der Waals surface area contributed by atoms with E-state index in [1.165, 1.54) is 0 Å². The highest BCUT2D eigenvalue weighted by Gasteiger charge is 2.30. The number of nitrogens with one attached hydrogen (secondary N) is 1. The molecule has 1 aliphatic rings. The van der Waals surface area contributed by atoms with Crippen molar-refractivity contribution in [2.45, 2.75) is 19.3 Å². The summed E-state index contributed by atoms with van der Waals surface area (Å²) < 4.78 is 2.07. The van der Waals surface area contributed by atoms with Gasteiger partial charge in [-0.25, -0.2) is 9.97 Å². The molecule has 3 heterocycles. The van der Waals surface area contributed by atoms with Crippen molar-refractivity contribution in [2.75, 3.05) is 13.1 Å². The highest BCUT2D eigenvalue weighted by atomic mass is 16.2. The number of imidazole rings is 2. The topological polar surface area (TPSA) is 66.8 Å². The van der Waals surface area contributed by atoms with Crippen molar-refractivity contribution in [1.29, 1.82) is 0 Å². The van der Waals surface area contributed by atoms with Gasteiger partial charge in [-0.2, -0.15) is 0 Å². The lowest BCUT2D eigenvalue weighted by molar-refractivity contribution is 0.0790. The Morgan fingerprint density at radius 3 is 3.04 bits per heavy atom. The highest BCUT2D eigenvalue weighted by molar-refractivity contribution is 5.97. The van der Waals surface area contributed by atoms with Crippen LogP contribution in [0.1, 0.15) is 34.2 Å². The maximum atomic E-state index is 12.7. The Hall–Kier alpha value is -2.63. The molecule has 6 heteroatoms. The summed E-state index contributed by atoms with van der Waals surface area (Å²) in [5.41, 5.74) is 3.51. The fourth-order valence-electron chi connectivity index (χ4n) is 3.42. The van der Waals surface area contributed by atoms with Crippen molar-refractivity contribution in [3.8, 4) is 0 Å². The standard InChI is InChI=1S/C17H19N5O/c1-11-8-21(2)16(20-11)13-5-6-22(9-13)17(23)12-3-4-14-15(7-12)19-10-18-14/h3-4,7-8,10,13H,5-6,9H2,1-2H3,(H,18,19)/t13-/m1/s1. The first-order valence-corrected chi connectivity index (χ1v) is 7.84. The zero-order valence-electron chi connectivity index (χ0n) is 13.3. The van der Waals surface area contributed by atoms with Crippen LogP contribution in [0.15, 0.2) is 30.7 Å². The molecule has 6 nitrogen and oxygen atoms in total. The summed E-state index contributed by atoms with van der Waals surface area (Å²) in [5, 5.41) is 0. The largest absolute Gasteiger partial charge is 0.345 e. The number of aromatic nitrogens is 4. The Kier molecular flexibility index (Phi) is 3.18. The third-order valence-corrected chi connectivity index (χ3v) is 4.54. The molecule has 1 amide bonds. The van der Waals surface area contributed by atoms with Crippen LogP contribution in [0.4, 0.5) is 0 Å². The van der Waals surface area contributed by atoms with Gasteiger partial charge < -0.3 is 14.5 Å². The Bertz CT molecular complexity index is 878. The quantitative estimate of drug-likeness (QED) is 0.789. The smallest absolute Gasteiger partial charge is 0.253 e. The number of carbonyl (C=O) groups excluding carboxylic acids is 1. The van der Waals surface area contributed by atoms with Crippen LogP contribution in [0.2, 0.25) is 0 Å². The molecule has 0 bridgehead atoms. The summed E-state index contributed by atoms with van der Waals surface area (Å²) in [5.74, 6) is 1.46. The lowest BCUT2D eigenvalue weighted by atomic mass is 10.1. The number of H-pyrrole nitrogens is 1. The Labute approximate surface area is 134 Å². The Balaban J connectivity index is 1.54. The summed E-state index contributed by atoms with van der Waals surface area (Å²) in [6, 6.07) is 5.61. The van der Waals surface area contributed by atoms with Crippen molar-refractivity contribution < 1.29 is 4.79 Å². The van der Waals surface area contributed by atoms with Crippen LogP contribution in [-0.4, -0.2) is 43.4 Å². The highest BCUT2D eigenvalue weighted by Crippen LogP contribution is 2.27. The molecule has 2 aromatic heterocycles. The first-order valence-electron chi connectivity index (χ1n) is 7.84. The van der Waals surface area contributed by atoms with Gasteiger partial charge in [0.05, 0.1) is 23.1 Å². The maximum Gasteiger partial charge on any atom is 0.253 e. The molecule has 3 aromatic rings. The predicted octanol–water partition coefficient (Wildman–Crippen LogP) is 2.23. The molecular formula is C17H19N5O. The maximum absolute atomic E-state index is 12.7. The molecule has 23 heavy (non-hydrogen) atoms. The number of fused-ring (bicyclic) bond motifs is 1. The molecule has 0 spiro atoms. The van der Waals surface area contributed by atoms with Crippen molar-refractivity contribution >= 4 is 16.9 Å². The van der Waals surface area contributed by atoms with Gasteiger partial charge >= 0.3 is 0 Å². The Morgan fingerprint density at radius 2 is 2.26 bits per heavy atom. The van der Waals surface area contributed by atoms with E-state index in [2.05, 4.69) is 19.5 Å². The van der Waals surface area contributed by atoms with Gasteiger partial charge in [0.15, 0.2) is 0 Å². The van der Waals surface area contributed by atoms with E-state index in [4.69, 9.17) is 0 Å². The molecule has 1 saturated heterocycles. The fourth-order valence-corrected chi connectivity index (χ4v) is 3.42. The van der Waals surface area contributed by atoms with Gasteiger partial charge in [0.2, 0.25) is 0 Å². The van der Waals surface area contributed by atoms with Gasteiger partial charge in [-0.05, 0) is 31.5 Å². The number of rotatable bonds is 2. The average molecular weight is 309 g/mol. The zero-order chi connectivity index (χ0) is 16.0. The van der Waals surface area contributed by atoms with Gasteiger partial charge in [0.25, 0.3) is 5.91 Å². The van der Waals surface area contributed by atoms with Gasteiger partial charge in [0, 0.05) is 37.8 Å². The van der Waals surface area contributed by atoms with Crippen molar-refractivity contribution in [3.63, 3.8) is 0 Å². The number of nitrogens with zero attached hydrogens (tertiary/aromatic N) is 4. The van der Waals surface area contributed by atoms with Crippen LogP contribution in [0.3, 0.4) is 0 Å². The number of aromatic amines is 1. The number of likely N-dealkylation sites (tertiary alicyclic amines) is 1. The lowest BCUT2D eigenvalue weighted by Gasteiger charge is -2.16. The van der Waals surface area contributed by atoms with Crippen LogP contribution in [0.25, 0.3) is 11.0 Å². The van der Waals surface area contributed by atoms with E-state index in [0.29, 0.717) is 11.5 Å². The van der Waals surface area contributed by atoms with E-state index < -0.39 is 0 Å². The van der Waals surface area contributed by atoms with Crippen LogP contribution in [0.5, 0.6) is 0 Å². The summed E-state index contributed by atoms with van der Waals surface area (Å²) in [4.78, 5) is 26.5. The van der Waals surface area contributed by atoms with Gasteiger partial charge in [0.1, 0.15) is 5.82 Å². The minimum Gasteiger partial charge on any atom is -0.345 e. The molecule has 1 aliphatic heterocycles. The molecule has 0 radical (unpaired) electrons. The number of aryl methyl sites for hydroxylation is 2. The van der Waals surface area contributed by atoms with E-state index >= 15 is 0 Å². The fraction of sp³-hybridized carbons (Fsp3) is 0.353. The molecular weight excluding hydrogens is 290 g/mol.